The second kappa shape index (κ2) is 6.16. The van der Waals surface area contributed by atoms with Gasteiger partial charge in [-0.1, -0.05) is 36.8 Å². The van der Waals surface area contributed by atoms with Crippen LogP contribution in [0, 0.1) is 6.92 Å². The van der Waals surface area contributed by atoms with E-state index >= 15 is 0 Å². The molecule has 1 fully saturated rings. The molecule has 0 saturated carbocycles. The normalized spacial score (nSPS) is 21.3. The van der Waals surface area contributed by atoms with Crippen molar-refractivity contribution in [3.8, 4) is 0 Å². The molecule has 1 unspecified atom stereocenters. The number of nitrogens with one attached hydrogen (secondary N) is 1. The Kier molecular flexibility index (Phi) is 4.50. The number of carboxylic acids is 1. The van der Waals surface area contributed by atoms with Gasteiger partial charge in [-0.25, -0.2) is 9.59 Å². The number of carboxylic acid groups (broad SMARTS) is 1. The molecule has 1 aromatic rings. The zero-order valence-electron chi connectivity index (χ0n) is 12.6. The molecule has 1 aliphatic rings. The maximum atomic E-state index is 12.3. The maximum absolute atomic E-state index is 12.3. The van der Waals surface area contributed by atoms with Crippen LogP contribution in [0.25, 0.3) is 0 Å². The quantitative estimate of drug-likeness (QED) is 0.895. The van der Waals surface area contributed by atoms with Gasteiger partial charge in [-0.15, -0.1) is 0 Å². The van der Waals surface area contributed by atoms with E-state index in [4.69, 9.17) is 0 Å². The van der Waals surface area contributed by atoms with Gasteiger partial charge in [0, 0.05) is 13.1 Å². The van der Waals surface area contributed by atoms with Gasteiger partial charge >= 0.3 is 12.0 Å². The number of aliphatic carboxylic acids is 1. The second-order valence-electron chi connectivity index (χ2n) is 5.59. The smallest absolute Gasteiger partial charge is 0.329 e. The highest BCUT2D eigenvalue weighted by atomic mass is 16.4. The van der Waals surface area contributed by atoms with E-state index in [2.05, 4.69) is 5.32 Å². The molecule has 0 radical (unpaired) electrons. The number of rotatable bonds is 4. The summed E-state index contributed by atoms with van der Waals surface area (Å²) in [6.45, 7) is 4.73. The van der Waals surface area contributed by atoms with E-state index < -0.39 is 11.5 Å². The Morgan fingerprint density at radius 3 is 2.81 bits per heavy atom. The number of carbonyl (C=O) groups excluding carboxylic acids is 1. The summed E-state index contributed by atoms with van der Waals surface area (Å²) in [4.78, 5) is 25.4. The molecule has 2 rings (SSSR count). The van der Waals surface area contributed by atoms with Gasteiger partial charge in [-0.05, 0) is 31.7 Å². The Morgan fingerprint density at radius 1 is 1.43 bits per heavy atom. The van der Waals surface area contributed by atoms with Gasteiger partial charge in [0.05, 0.1) is 0 Å². The fraction of sp³-hybridized carbons (Fsp3) is 0.500. The van der Waals surface area contributed by atoms with Gasteiger partial charge < -0.3 is 15.3 Å². The molecule has 1 saturated heterocycles. The Bertz CT molecular complexity index is 544. The van der Waals surface area contributed by atoms with E-state index in [0.29, 0.717) is 25.9 Å². The number of benzene rings is 1. The van der Waals surface area contributed by atoms with Gasteiger partial charge in [-0.3, -0.25) is 0 Å². The Balaban J connectivity index is 2.04. The molecule has 1 heterocycles. The van der Waals surface area contributed by atoms with Crippen molar-refractivity contribution in [3.05, 3.63) is 35.4 Å². The fourth-order valence-corrected chi connectivity index (χ4v) is 3.01. The fourth-order valence-electron chi connectivity index (χ4n) is 3.01. The largest absolute Gasteiger partial charge is 0.479 e. The summed E-state index contributed by atoms with van der Waals surface area (Å²) >= 11 is 0. The Morgan fingerprint density at radius 2 is 2.19 bits per heavy atom. The van der Waals surface area contributed by atoms with Crippen LogP contribution in [-0.2, 0) is 11.3 Å². The third-order valence-corrected chi connectivity index (χ3v) is 4.24. The average Bonchev–Trinajstić information content (AvgIpc) is 2.90. The predicted molar refractivity (Wildman–Crippen MR) is 80.0 cm³/mol. The lowest BCUT2D eigenvalue weighted by atomic mass is 9.93. The van der Waals surface area contributed by atoms with Crippen molar-refractivity contribution in [2.24, 2.45) is 0 Å². The SMILES string of the molecule is CCC1(C(=O)O)CCCN1C(=O)NCc1cccc(C)c1. The number of likely N-dealkylation sites (tertiary alicyclic amines) is 1. The van der Waals surface area contributed by atoms with Crippen molar-refractivity contribution in [1.82, 2.24) is 10.2 Å². The number of nitrogens with zero attached hydrogens (tertiary/aromatic N) is 1. The number of amides is 2. The summed E-state index contributed by atoms with van der Waals surface area (Å²) in [6, 6.07) is 7.60. The molecule has 21 heavy (non-hydrogen) atoms. The van der Waals surface area contributed by atoms with Crippen LogP contribution in [0.1, 0.15) is 37.3 Å². The van der Waals surface area contributed by atoms with E-state index in [1.54, 1.807) is 0 Å². The minimum atomic E-state index is -1.04. The van der Waals surface area contributed by atoms with Crippen molar-refractivity contribution in [3.63, 3.8) is 0 Å². The molecule has 0 spiro atoms. The lowest BCUT2D eigenvalue weighted by Gasteiger charge is -2.33. The molecule has 2 amide bonds. The van der Waals surface area contributed by atoms with Gasteiger partial charge in [0.15, 0.2) is 0 Å². The highest BCUT2D eigenvalue weighted by Crippen LogP contribution is 2.32. The number of aryl methyl sites for hydroxylation is 1. The molecule has 1 aromatic carbocycles. The molecule has 2 N–H and O–H groups in total. The van der Waals surface area contributed by atoms with Gasteiger partial charge in [-0.2, -0.15) is 0 Å². The van der Waals surface area contributed by atoms with Crippen LogP contribution in [0.3, 0.4) is 0 Å². The number of carbonyl (C=O) groups is 2. The molecule has 1 atom stereocenters. The molecule has 114 valence electrons. The maximum Gasteiger partial charge on any atom is 0.329 e. The number of hydrogen-bond donors (Lipinski definition) is 2. The van der Waals surface area contributed by atoms with E-state index in [0.717, 1.165) is 17.5 Å². The van der Waals surface area contributed by atoms with Crippen molar-refractivity contribution < 1.29 is 14.7 Å². The van der Waals surface area contributed by atoms with Crippen molar-refractivity contribution in [1.29, 1.82) is 0 Å². The Hall–Kier alpha value is -2.04. The first-order valence-electron chi connectivity index (χ1n) is 7.34. The lowest BCUT2D eigenvalue weighted by molar-refractivity contribution is -0.148. The average molecular weight is 290 g/mol. The molecule has 0 bridgehead atoms. The van der Waals surface area contributed by atoms with Crippen LogP contribution >= 0.6 is 0 Å². The van der Waals surface area contributed by atoms with E-state index in [1.165, 1.54) is 4.90 Å². The minimum absolute atomic E-state index is 0.293. The third-order valence-electron chi connectivity index (χ3n) is 4.24. The second-order valence-corrected chi connectivity index (χ2v) is 5.59. The van der Waals surface area contributed by atoms with Crippen LogP contribution in [0.15, 0.2) is 24.3 Å². The molecule has 0 aliphatic carbocycles. The zero-order valence-corrected chi connectivity index (χ0v) is 12.6. The van der Waals surface area contributed by atoms with E-state index in [-0.39, 0.29) is 6.03 Å². The van der Waals surface area contributed by atoms with Gasteiger partial charge in [0.1, 0.15) is 5.54 Å². The van der Waals surface area contributed by atoms with Crippen LogP contribution in [0.5, 0.6) is 0 Å². The molecular formula is C16H22N2O3. The molecular weight excluding hydrogens is 268 g/mol. The van der Waals surface area contributed by atoms with Crippen LogP contribution in [-0.4, -0.2) is 34.1 Å². The zero-order chi connectivity index (χ0) is 15.5. The van der Waals surface area contributed by atoms with Crippen LogP contribution in [0.4, 0.5) is 4.79 Å². The lowest BCUT2D eigenvalue weighted by Crippen LogP contribution is -2.55. The first kappa shape index (κ1) is 15.4. The predicted octanol–water partition coefficient (Wildman–Crippen LogP) is 2.53. The molecule has 0 aromatic heterocycles. The monoisotopic (exact) mass is 290 g/mol. The summed E-state index contributed by atoms with van der Waals surface area (Å²) in [6.07, 6.45) is 1.69. The van der Waals surface area contributed by atoms with Gasteiger partial charge in [0.2, 0.25) is 0 Å². The summed E-state index contributed by atoms with van der Waals surface area (Å²) in [5.74, 6) is -0.909. The minimum Gasteiger partial charge on any atom is -0.479 e. The number of hydrogen-bond acceptors (Lipinski definition) is 2. The first-order chi connectivity index (χ1) is 9.99. The highest BCUT2D eigenvalue weighted by Gasteiger charge is 2.48. The summed E-state index contributed by atoms with van der Waals surface area (Å²) in [5.41, 5.74) is 1.10. The van der Waals surface area contributed by atoms with E-state index in [1.807, 2.05) is 38.1 Å². The van der Waals surface area contributed by atoms with Crippen LogP contribution in [0.2, 0.25) is 0 Å². The van der Waals surface area contributed by atoms with E-state index in [9.17, 15) is 14.7 Å². The first-order valence-corrected chi connectivity index (χ1v) is 7.34. The van der Waals surface area contributed by atoms with Crippen molar-refractivity contribution in [2.45, 2.75) is 45.2 Å². The topological polar surface area (TPSA) is 69.6 Å². The molecule has 1 aliphatic heterocycles. The molecule has 5 nitrogen and oxygen atoms in total. The van der Waals surface area contributed by atoms with Crippen LogP contribution < -0.4 is 5.32 Å². The molecule has 5 heteroatoms. The third kappa shape index (κ3) is 3.01. The summed E-state index contributed by atoms with van der Waals surface area (Å²) in [5, 5.41) is 12.3. The summed E-state index contributed by atoms with van der Waals surface area (Å²) < 4.78 is 0. The van der Waals surface area contributed by atoms with Crippen molar-refractivity contribution >= 4 is 12.0 Å². The van der Waals surface area contributed by atoms with Crippen molar-refractivity contribution in [2.75, 3.05) is 6.54 Å². The Labute approximate surface area is 125 Å². The van der Waals surface area contributed by atoms with Gasteiger partial charge in [0.25, 0.3) is 0 Å². The standard InChI is InChI=1S/C16H22N2O3/c1-3-16(14(19)20)8-5-9-18(16)15(21)17-11-13-7-4-6-12(2)10-13/h4,6-7,10H,3,5,8-9,11H2,1-2H3,(H,17,21)(H,19,20). The highest BCUT2D eigenvalue weighted by molar-refractivity contribution is 5.87. The summed E-state index contributed by atoms with van der Waals surface area (Å²) in [7, 11) is 0. The number of urea groups is 1.